The number of likely N-dealkylation sites (tertiary alicyclic amines) is 1. The highest BCUT2D eigenvalue weighted by Gasteiger charge is 2.25. The van der Waals surface area contributed by atoms with E-state index in [2.05, 4.69) is 9.97 Å². The number of carbonyl (C=O) groups is 1. The highest BCUT2D eigenvalue weighted by molar-refractivity contribution is 7.10. The lowest BCUT2D eigenvalue weighted by atomic mass is 9.98. The summed E-state index contributed by atoms with van der Waals surface area (Å²) in [4.78, 5) is 26.2. The zero-order valence-corrected chi connectivity index (χ0v) is 14.9. The Bertz CT molecular complexity index is 887. The van der Waals surface area contributed by atoms with Crippen molar-refractivity contribution in [3.63, 3.8) is 0 Å². The highest BCUT2D eigenvalue weighted by atomic mass is 32.1. The minimum atomic E-state index is -0.834. The largest absolute Gasteiger partial charge is 0.465 e. The lowest BCUT2D eigenvalue weighted by Gasteiger charge is -2.28. The van der Waals surface area contributed by atoms with Crippen molar-refractivity contribution in [3.8, 4) is 22.6 Å². The van der Waals surface area contributed by atoms with Gasteiger partial charge in [-0.15, -0.1) is 11.3 Å². The number of hydrogen-bond donors (Lipinski definition) is 1. The maximum Gasteiger partial charge on any atom is 0.407 e. The molecule has 4 rings (SSSR count). The van der Waals surface area contributed by atoms with Gasteiger partial charge in [-0.3, -0.25) is 0 Å². The average molecular weight is 366 g/mol. The first-order chi connectivity index (χ1) is 12.7. The van der Waals surface area contributed by atoms with E-state index in [4.69, 9.17) is 10.1 Å². The summed E-state index contributed by atoms with van der Waals surface area (Å²) in [5, 5.41) is 12.1. The summed E-state index contributed by atoms with van der Waals surface area (Å²) in [6.07, 6.45) is 4.42. The molecule has 0 aliphatic carbocycles. The average Bonchev–Trinajstić information content (AvgIpc) is 3.19. The first-order valence-corrected chi connectivity index (χ1v) is 9.40. The lowest BCUT2D eigenvalue weighted by Crippen LogP contribution is -2.36. The van der Waals surface area contributed by atoms with Crippen molar-refractivity contribution < 1.29 is 9.90 Å². The van der Waals surface area contributed by atoms with E-state index >= 15 is 0 Å². The van der Waals surface area contributed by atoms with Crippen molar-refractivity contribution in [2.24, 2.45) is 0 Å². The fourth-order valence-corrected chi connectivity index (χ4v) is 4.12. The molecule has 1 aliphatic heterocycles. The summed E-state index contributed by atoms with van der Waals surface area (Å²) in [7, 11) is 0. The van der Waals surface area contributed by atoms with Crippen LogP contribution in [-0.2, 0) is 0 Å². The summed E-state index contributed by atoms with van der Waals surface area (Å²) in [5.74, 6) is 1.03. The van der Waals surface area contributed by atoms with Crippen LogP contribution in [0.15, 0.2) is 48.1 Å². The molecule has 3 heterocycles. The van der Waals surface area contributed by atoms with E-state index in [0.29, 0.717) is 24.8 Å². The standard InChI is InChI=1S/C19H18N4O2S/c24-19(25)23-8-6-14(7-9-23)18-22-16(12-26-18)15-10-20-17(21-11-15)13-4-2-1-3-5-13/h1-5,10-12,14H,6-9H2,(H,24,25). The van der Waals surface area contributed by atoms with Gasteiger partial charge in [-0.05, 0) is 12.8 Å². The molecule has 1 saturated heterocycles. The molecule has 132 valence electrons. The van der Waals surface area contributed by atoms with Crippen molar-refractivity contribution >= 4 is 17.4 Å². The Kier molecular flexibility index (Phi) is 4.62. The fraction of sp³-hybridized carbons (Fsp3) is 0.263. The topological polar surface area (TPSA) is 79.2 Å². The van der Waals surface area contributed by atoms with E-state index in [1.165, 1.54) is 4.90 Å². The number of benzene rings is 1. The molecule has 1 fully saturated rings. The Labute approximate surface area is 155 Å². The molecule has 7 heteroatoms. The number of thiazole rings is 1. The van der Waals surface area contributed by atoms with Crippen LogP contribution < -0.4 is 0 Å². The molecule has 2 aromatic heterocycles. The predicted octanol–water partition coefficient (Wildman–Crippen LogP) is 4.12. The third kappa shape index (κ3) is 3.43. The zero-order valence-electron chi connectivity index (χ0n) is 14.1. The van der Waals surface area contributed by atoms with Gasteiger partial charge in [0, 0.05) is 47.9 Å². The zero-order chi connectivity index (χ0) is 17.9. The molecule has 0 saturated carbocycles. The van der Waals surface area contributed by atoms with Crippen molar-refractivity contribution in [1.82, 2.24) is 19.9 Å². The number of carboxylic acid groups (broad SMARTS) is 1. The van der Waals surface area contributed by atoms with Crippen LogP contribution in [0.4, 0.5) is 4.79 Å². The Balaban J connectivity index is 1.47. The molecule has 0 atom stereocenters. The number of aromatic nitrogens is 3. The van der Waals surface area contributed by atoms with Crippen LogP contribution in [0.2, 0.25) is 0 Å². The van der Waals surface area contributed by atoms with Crippen LogP contribution in [0, 0.1) is 0 Å². The molecule has 0 unspecified atom stereocenters. The minimum absolute atomic E-state index is 0.328. The van der Waals surface area contributed by atoms with E-state index in [1.807, 2.05) is 35.7 Å². The van der Waals surface area contributed by atoms with Gasteiger partial charge in [-0.1, -0.05) is 30.3 Å². The highest BCUT2D eigenvalue weighted by Crippen LogP contribution is 2.32. The second-order valence-electron chi connectivity index (χ2n) is 6.28. The van der Waals surface area contributed by atoms with Gasteiger partial charge in [0.2, 0.25) is 0 Å². The molecule has 6 nitrogen and oxygen atoms in total. The van der Waals surface area contributed by atoms with Gasteiger partial charge >= 0.3 is 6.09 Å². The molecule has 1 aliphatic rings. The summed E-state index contributed by atoms with van der Waals surface area (Å²) >= 11 is 1.63. The molecular weight excluding hydrogens is 348 g/mol. The molecule has 1 aromatic carbocycles. The summed E-state index contributed by atoms with van der Waals surface area (Å²) < 4.78 is 0. The van der Waals surface area contributed by atoms with Crippen molar-refractivity contribution in [1.29, 1.82) is 0 Å². The van der Waals surface area contributed by atoms with Gasteiger partial charge in [-0.25, -0.2) is 19.7 Å². The summed E-state index contributed by atoms with van der Waals surface area (Å²) in [6.45, 7) is 1.15. The fourth-order valence-electron chi connectivity index (χ4n) is 3.12. The SMILES string of the molecule is O=C(O)N1CCC(c2nc(-c3cnc(-c4ccccc4)nc3)cs2)CC1. The van der Waals surface area contributed by atoms with Gasteiger partial charge in [0.15, 0.2) is 5.82 Å². The van der Waals surface area contributed by atoms with E-state index in [9.17, 15) is 4.79 Å². The first-order valence-electron chi connectivity index (χ1n) is 8.52. The van der Waals surface area contributed by atoms with E-state index < -0.39 is 6.09 Å². The molecule has 0 radical (unpaired) electrons. The Morgan fingerprint density at radius 1 is 1.08 bits per heavy atom. The van der Waals surface area contributed by atoms with Crippen LogP contribution in [0.3, 0.4) is 0 Å². The van der Waals surface area contributed by atoms with Crippen molar-refractivity contribution in [2.45, 2.75) is 18.8 Å². The van der Waals surface area contributed by atoms with Gasteiger partial charge < -0.3 is 10.0 Å². The summed E-state index contributed by atoms with van der Waals surface area (Å²) in [5.41, 5.74) is 2.77. The molecule has 0 bridgehead atoms. The molecule has 26 heavy (non-hydrogen) atoms. The number of nitrogens with zero attached hydrogens (tertiary/aromatic N) is 4. The number of rotatable bonds is 3. The van der Waals surface area contributed by atoms with Crippen LogP contribution in [0.5, 0.6) is 0 Å². The quantitative estimate of drug-likeness (QED) is 0.754. The molecule has 1 amide bonds. The van der Waals surface area contributed by atoms with Gasteiger partial charge in [0.05, 0.1) is 10.7 Å². The van der Waals surface area contributed by atoms with Crippen molar-refractivity contribution in [2.75, 3.05) is 13.1 Å². The van der Waals surface area contributed by atoms with Gasteiger partial charge in [-0.2, -0.15) is 0 Å². The van der Waals surface area contributed by atoms with E-state index in [-0.39, 0.29) is 0 Å². The Morgan fingerprint density at radius 3 is 2.42 bits per heavy atom. The number of hydrogen-bond acceptors (Lipinski definition) is 5. The number of piperidine rings is 1. The summed E-state index contributed by atoms with van der Waals surface area (Å²) in [6, 6.07) is 9.87. The first kappa shape index (κ1) is 16.7. The molecule has 1 N–H and O–H groups in total. The monoisotopic (exact) mass is 366 g/mol. The van der Waals surface area contributed by atoms with E-state index in [1.54, 1.807) is 23.7 Å². The predicted molar refractivity (Wildman–Crippen MR) is 100 cm³/mol. The molecule has 3 aromatic rings. The third-order valence-electron chi connectivity index (χ3n) is 4.62. The second-order valence-corrected chi connectivity index (χ2v) is 7.17. The third-order valence-corrected chi connectivity index (χ3v) is 5.62. The van der Waals surface area contributed by atoms with Crippen LogP contribution >= 0.6 is 11.3 Å². The van der Waals surface area contributed by atoms with E-state index in [0.717, 1.165) is 34.7 Å². The lowest BCUT2D eigenvalue weighted by molar-refractivity contribution is 0.132. The van der Waals surface area contributed by atoms with Crippen LogP contribution in [0.1, 0.15) is 23.8 Å². The number of amides is 1. The van der Waals surface area contributed by atoms with Crippen molar-refractivity contribution in [3.05, 3.63) is 53.1 Å². The molecular formula is C19H18N4O2S. The Hall–Kier alpha value is -2.80. The van der Waals surface area contributed by atoms with Gasteiger partial charge in [0.1, 0.15) is 0 Å². The normalized spacial score (nSPS) is 15.2. The smallest absolute Gasteiger partial charge is 0.407 e. The maximum atomic E-state index is 11.0. The maximum absolute atomic E-state index is 11.0. The van der Waals surface area contributed by atoms with Gasteiger partial charge in [0.25, 0.3) is 0 Å². The van der Waals surface area contributed by atoms with Crippen LogP contribution in [-0.4, -0.2) is 44.1 Å². The second kappa shape index (κ2) is 7.21. The minimum Gasteiger partial charge on any atom is -0.465 e. The molecule has 0 spiro atoms. The Morgan fingerprint density at radius 2 is 1.77 bits per heavy atom. The van der Waals surface area contributed by atoms with Crippen LogP contribution in [0.25, 0.3) is 22.6 Å².